The number of rotatable bonds is 5. The summed E-state index contributed by atoms with van der Waals surface area (Å²) in [6, 6.07) is 4.92. The van der Waals surface area contributed by atoms with Crippen LogP contribution in [0, 0.1) is 0 Å². The molecule has 1 amide bonds. The topological polar surface area (TPSA) is 121 Å². The monoisotopic (exact) mass is 354 g/mol. The summed E-state index contributed by atoms with van der Waals surface area (Å²) in [5.74, 6) is -0.0761. The maximum atomic E-state index is 12.9. The van der Waals surface area contributed by atoms with Crippen LogP contribution in [0.4, 0.5) is 5.69 Å². The highest BCUT2D eigenvalue weighted by molar-refractivity contribution is 5.95. The van der Waals surface area contributed by atoms with E-state index in [4.69, 9.17) is 11.1 Å². The van der Waals surface area contributed by atoms with Crippen molar-refractivity contribution >= 4 is 11.6 Å². The molecule has 0 spiro atoms. The molecule has 2 heterocycles. The predicted octanol–water partition coefficient (Wildman–Crippen LogP) is 4.14. The molecule has 2 fully saturated rings. The molecule has 136 valence electrons. The average molecular weight is 354 g/mol. The minimum absolute atomic E-state index is 0.0761. The number of carbonyl (C=O) groups is 1. The summed E-state index contributed by atoms with van der Waals surface area (Å²) in [6.45, 7) is 6.13. The molecule has 0 saturated carbocycles. The maximum absolute atomic E-state index is 12.9. The number of likely N-dealkylation sites (tertiary alicyclic amines) is 2. The third-order valence-corrected chi connectivity index (χ3v) is 5.45. The molecule has 0 aliphatic carbocycles. The van der Waals surface area contributed by atoms with E-state index in [0.717, 1.165) is 25.9 Å². The number of hydrogen-bond donors (Lipinski definition) is 0. The number of carbonyl (C=O) groups excluding carboxylic acids is 1. The zero-order valence-corrected chi connectivity index (χ0v) is 14.9. The Balaban J connectivity index is 1.75. The van der Waals surface area contributed by atoms with E-state index >= 15 is 0 Å². The van der Waals surface area contributed by atoms with Gasteiger partial charge < -0.3 is 4.90 Å². The molecule has 26 heavy (non-hydrogen) atoms. The summed E-state index contributed by atoms with van der Waals surface area (Å²) in [4.78, 5) is 22.8. The number of hydrogen-bond acceptors (Lipinski definition) is 4. The fourth-order valence-electron chi connectivity index (χ4n) is 3.66. The Kier molecular flexibility index (Phi) is 5.32. The molecule has 0 radical (unpaired) electrons. The van der Waals surface area contributed by atoms with E-state index in [-0.39, 0.29) is 18.0 Å². The second-order valence-electron chi connectivity index (χ2n) is 7.10. The number of nitrogens with zero attached hydrogens (tertiary/aromatic N) is 8. The first kappa shape index (κ1) is 18.1. The van der Waals surface area contributed by atoms with E-state index in [1.54, 1.807) is 18.2 Å². The van der Waals surface area contributed by atoms with Gasteiger partial charge in [-0.15, -0.1) is 0 Å². The van der Waals surface area contributed by atoms with Crippen molar-refractivity contribution in [1.29, 1.82) is 0 Å². The lowest BCUT2D eigenvalue weighted by atomic mass is 9.85. The standard InChI is InChI=1S/C17H22N8O/c1-17(25-5-2-6-25)3-7-24(8-4-17)16(26)14-9-13(12-20-22-18)10-15(11-14)21-23-19/h9-11H,2-8,12H2,1H3. The van der Waals surface area contributed by atoms with Crippen molar-refractivity contribution in [1.82, 2.24) is 9.80 Å². The van der Waals surface area contributed by atoms with Gasteiger partial charge in [-0.1, -0.05) is 10.2 Å². The van der Waals surface area contributed by atoms with Crippen molar-refractivity contribution in [2.45, 2.75) is 38.3 Å². The maximum Gasteiger partial charge on any atom is 0.253 e. The van der Waals surface area contributed by atoms with Gasteiger partial charge in [0.2, 0.25) is 0 Å². The molecule has 1 aromatic rings. The van der Waals surface area contributed by atoms with Crippen molar-refractivity contribution in [3.05, 3.63) is 50.2 Å². The molecule has 1 aromatic carbocycles. The molecule has 9 nitrogen and oxygen atoms in total. The van der Waals surface area contributed by atoms with E-state index in [9.17, 15) is 4.79 Å². The summed E-state index contributed by atoms with van der Waals surface area (Å²) in [5.41, 5.74) is 18.8. The van der Waals surface area contributed by atoms with Crippen molar-refractivity contribution in [3.8, 4) is 0 Å². The number of amides is 1. The van der Waals surface area contributed by atoms with Gasteiger partial charge >= 0.3 is 0 Å². The average Bonchev–Trinajstić information content (AvgIpc) is 2.58. The van der Waals surface area contributed by atoms with Gasteiger partial charge in [-0.05, 0) is 74.1 Å². The Morgan fingerprint density at radius 2 is 1.88 bits per heavy atom. The highest BCUT2D eigenvalue weighted by atomic mass is 16.2. The van der Waals surface area contributed by atoms with Gasteiger partial charge in [0.05, 0.1) is 6.54 Å². The summed E-state index contributed by atoms with van der Waals surface area (Å²) >= 11 is 0. The summed E-state index contributed by atoms with van der Waals surface area (Å²) in [5, 5.41) is 7.12. The van der Waals surface area contributed by atoms with Crippen LogP contribution in [0.15, 0.2) is 28.4 Å². The fourth-order valence-corrected chi connectivity index (χ4v) is 3.66. The number of benzene rings is 1. The first-order valence-corrected chi connectivity index (χ1v) is 8.80. The Labute approximate surface area is 151 Å². The van der Waals surface area contributed by atoms with E-state index in [0.29, 0.717) is 29.9 Å². The highest BCUT2D eigenvalue weighted by Gasteiger charge is 2.39. The third kappa shape index (κ3) is 3.75. The summed E-state index contributed by atoms with van der Waals surface area (Å²) < 4.78 is 0. The van der Waals surface area contributed by atoms with Crippen LogP contribution in [0.25, 0.3) is 20.9 Å². The Hall–Kier alpha value is -2.73. The molecule has 0 bridgehead atoms. The van der Waals surface area contributed by atoms with Crippen LogP contribution in [0.2, 0.25) is 0 Å². The van der Waals surface area contributed by atoms with Gasteiger partial charge in [0.25, 0.3) is 5.91 Å². The van der Waals surface area contributed by atoms with E-state index in [2.05, 4.69) is 31.9 Å². The van der Waals surface area contributed by atoms with Gasteiger partial charge in [0.15, 0.2) is 0 Å². The Bertz CT molecular complexity index is 782. The molecule has 2 saturated heterocycles. The molecule has 0 aromatic heterocycles. The molecular formula is C17H22N8O. The van der Waals surface area contributed by atoms with Crippen LogP contribution in [0.3, 0.4) is 0 Å². The molecule has 0 N–H and O–H groups in total. The zero-order valence-electron chi connectivity index (χ0n) is 14.9. The van der Waals surface area contributed by atoms with Gasteiger partial charge in [0, 0.05) is 39.7 Å². The van der Waals surface area contributed by atoms with E-state index in [1.807, 2.05) is 4.90 Å². The SMILES string of the molecule is CC1(N2CCC2)CCN(C(=O)c2cc(CN=[N+]=[N-])cc(N=[N+]=[N-])c2)CC1. The number of azide groups is 2. The lowest BCUT2D eigenvalue weighted by molar-refractivity contribution is -0.00374. The molecule has 0 unspecified atom stereocenters. The van der Waals surface area contributed by atoms with Crippen LogP contribution in [0.1, 0.15) is 42.1 Å². The first-order chi connectivity index (χ1) is 12.6. The molecule has 9 heteroatoms. The quantitative estimate of drug-likeness (QED) is 0.448. The third-order valence-electron chi connectivity index (χ3n) is 5.45. The lowest BCUT2D eigenvalue weighted by Crippen LogP contribution is -2.58. The normalized spacial score (nSPS) is 19.0. The van der Waals surface area contributed by atoms with Gasteiger partial charge in [-0.25, -0.2) is 0 Å². The van der Waals surface area contributed by atoms with Crippen molar-refractivity contribution in [2.75, 3.05) is 26.2 Å². The highest BCUT2D eigenvalue weighted by Crippen LogP contribution is 2.32. The second kappa shape index (κ2) is 7.66. The molecular weight excluding hydrogens is 332 g/mol. The van der Waals surface area contributed by atoms with Gasteiger partial charge in [-0.2, -0.15) is 0 Å². The van der Waals surface area contributed by atoms with Gasteiger partial charge in [-0.3, -0.25) is 9.69 Å². The van der Waals surface area contributed by atoms with Crippen molar-refractivity contribution < 1.29 is 4.79 Å². The summed E-state index contributed by atoms with van der Waals surface area (Å²) in [7, 11) is 0. The van der Waals surface area contributed by atoms with Crippen LogP contribution in [0.5, 0.6) is 0 Å². The summed E-state index contributed by atoms with van der Waals surface area (Å²) in [6.07, 6.45) is 3.18. The molecule has 2 aliphatic rings. The minimum atomic E-state index is -0.0761. The Morgan fingerprint density at radius 3 is 2.46 bits per heavy atom. The predicted molar refractivity (Wildman–Crippen MR) is 97.8 cm³/mol. The van der Waals surface area contributed by atoms with Crippen molar-refractivity contribution in [2.24, 2.45) is 10.2 Å². The van der Waals surface area contributed by atoms with Crippen molar-refractivity contribution in [3.63, 3.8) is 0 Å². The first-order valence-electron chi connectivity index (χ1n) is 8.80. The van der Waals surface area contributed by atoms with Gasteiger partial charge in [0.1, 0.15) is 0 Å². The number of piperidine rings is 1. The lowest BCUT2D eigenvalue weighted by Gasteiger charge is -2.50. The molecule has 0 atom stereocenters. The fraction of sp³-hybridized carbons (Fsp3) is 0.588. The second-order valence-corrected chi connectivity index (χ2v) is 7.10. The largest absolute Gasteiger partial charge is 0.339 e. The smallest absolute Gasteiger partial charge is 0.253 e. The minimum Gasteiger partial charge on any atom is -0.339 e. The van der Waals surface area contributed by atoms with E-state index in [1.165, 1.54) is 6.42 Å². The Morgan fingerprint density at radius 1 is 1.15 bits per heavy atom. The zero-order chi connectivity index (χ0) is 18.6. The van der Waals surface area contributed by atoms with Crippen LogP contribution >= 0.6 is 0 Å². The van der Waals surface area contributed by atoms with Crippen LogP contribution in [-0.4, -0.2) is 47.4 Å². The van der Waals surface area contributed by atoms with E-state index < -0.39 is 0 Å². The van der Waals surface area contributed by atoms with Crippen LogP contribution in [-0.2, 0) is 6.54 Å². The molecule has 3 rings (SSSR count). The molecule has 2 aliphatic heterocycles. The van der Waals surface area contributed by atoms with Crippen LogP contribution < -0.4 is 0 Å².